The molecule has 2 aromatic carbocycles. The lowest BCUT2D eigenvalue weighted by molar-refractivity contribution is 0.102. The number of nitrogens with zero attached hydrogens (tertiary/aromatic N) is 2. The van der Waals surface area contributed by atoms with E-state index in [9.17, 15) is 4.79 Å². The Kier molecular flexibility index (Phi) is 5.22. The summed E-state index contributed by atoms with van der Waals surface area (Å²) in [6, 6.07) is 15.3. The summed E-state index contributed by atoms with van der Waals surface area (Å²) in [6.07, 6.45) is 3.53. The minimum Gasteiger partial charge on any atom is -0.493 e. The Morgan fingerprint density at radius 2 is 1.81 bits per heavy atom. The molecule has 0 spiro atoms. The molecule has 1 atom stereocenters. The molecule has 0 aliphatic carbocycles. The van der Waals surface area contributed by atoms with Gasteiger partial charge in [-0.2, -0.15) is 0 Å². The molecule has 6 nitrogen and oxygen atoms in total. The summed E-state index contributed by atoms with van der Waals surface area (Å²) in [4.78, 5) is 16.8. The first-order valence-corrected chi connectivity index (χ1v) is 8.24. The van der Waals surface area contributed by atoms with Crippen molar-refractivity contribution in [1.82, 2.24) is 9.55 Å². The van der Waals surface area contributed by atoms with Crippen molar-refractivity contribution in [2.75, 3.05) is 19.5 Å². The maximum atomic E-state index is 12.5. The number of amides is 1. The number of nitrogens with one attached hydrogen (secondary N) is 1. The highest BCUT2D eigenvalue weighted by Crippen LogP contribution is 2.28. The minimum absolute atomic E-state index is 0.121. The average molecular weight is 351 g/mol. The van der Waals surface area contributed by atoms with E-state index >= 15 is 0 Å². The highest BCUT2D eigenvalue weighted by atomic mass is 16.5. The van der Waals surface area contributed by atoms with Crippen LogP contribution >= 0.6 is 0 Å². The zero-order valence-electron chi connectivity index (χ0n) is 15.0. The van der Waals surface area contributed by atoms with Gasteiger partial charge in [-0.25, -0.2) is 4.98 Å². The van der Waals surface area contributed by atoms with Gasteiger partial charge < -0.3 is 19.4 Å². The van der Waals surface area contributed by atoms with Crippen molar-refractivity contribution in [2.24, 2.45) is 0 Å². The van der Waals surface area contributed by atoms with Gasteiger partial charge in [-0.1, -0.05) is 30.3 Å². The molecule has 1 unspecified atom stereocenters. The van der Waals surface area contributed by atoms with Gasteiger partial charge in [0, 0.05) is 11.8 Å². The van der Waals surface area contributed by atoms with Crippen molar-refractivity contribution in [1.29, 1.82) is 0 Å². The van der Waals surface area contributed by atoms with Crippen molar-refractivity contribution in [3.8, 4) is 11.5 Å². The number of aromatic nitrogens is 2. The summed E-state index contributed by atoms with van der Waals surface area (Å²) in [5.41, 5.74) is 1.64. The first-order valence-electron chi connectivity index (χ1n) is 8.24. The monoisotopic (exact) mass is 351 g/mol. The second kappa shape index (κ2) is 7.74. The molecule has 1 N–H and O–H groups in total. The Labute approximate surface area is 152 Å². The Morgan fingerprint density at radius 3 is 2.50 bits per heavy atom. The Morgan fingerprint density at radius 1 is 1.08 bits per heavy atom. The van der Waals surface area contributed by atoms with Crippen LogP contribution < -0.4 is 14.8 Å². The molecule has 1 heterocycles. The average Bonchev–Trinajstić information content (AvgIpc) is 3.15. The maximum absolute atomic E-state index is 12.5. The van der Waals surface area contributed by atoms with Crippen LogP contribution in [0, 0.1) is 0 Å². The third kappa shape index (κ3) is 3.69. The van der Waals surface area contributed by atoms with Crippen LogP contribution in [0.2, 0.25) is 0 Å². The van der Waals surface area contributed by atoms with E-state index < -0.39 is 0 Å². The molecule has 26 heavy (non-hydrogen) atoms. The van der Waals surface area contributed by atoms with E-state index in [0.29, 0.717) is 22.9 Å². The SMILES string of the molecule is COc1ccc(C(=O)Nc2cn(C(C)c3ccccc3)cn2)cc1OC. The van der Waals surface area contributed by atoms with Crippen LogP contribution in [0.4, 0.5) is 5.82 Å². The maximum Gasteiger partial charge on any atom is 0.256 e. The van der Waals surface area contributed by atoms with Gasteiger partial charge in [0.25, 0.3) is 5.91 Å². The number of anilines is 1. The van der Waals surface area contributed by atoms with E-state index in [2.05, 4.69) is 29.4 Å². The van der Waals surface area contributed by atoms with Crippen molar-refractivity contribution in [2.45, 2.75) is 13.0 Å². The van der Waals surface area contributed by atoms with Crippen LogP contribution in [-0.4, -0.2) is 29.7 Å². The predicted octanol–water partition coefficient (Wildman–Crippen LogP) is 3.76. The summed E-state index contributed by atoms with van der Waals surface area (Å²) in [6.45, 7) is 2.08. The number of rotatable bonds is 6. The van der Waals surface area contributed by atoms with E-state index in [1.54, 1.807) is 31.6 Å². The molecule has 3 aromatic rings. The minimum atomic E-state index is -0.261. The van der Waals surface area contributed by atoms with Gasteiger partial charge in [0.1, 0.15) is 0 Å². The lowest BCUT2D eigenvalue weighted by Gasteiger charge is -2.13. The number of imidazole rings is 1. The van der Waals surface area contributed by atoms with Gasteiger partial charge in [0.2, 0.25) is 0 Å². The van der Waals surface area contributed by atoms with Crippen molar-refractivity contribution < 1.29 is 14.3 Å². The third-order valence-corrected chi connectivity index (χ3v) is 4.22. The lowest BCUT2D eigenvalue weighted by Crippen LogP contribution is -2.12. The fraction of sp³-hybridized carbons (Fsp3) is 0.200. The summed E-state index contributed by atoms with van der Waals surface area (Å²) < 4.78 is 12.4. The lowest BCUT2D eigenvalue weighted by atomic mass is 10.1. The topological polar surface area (TPSA) is 65.4 Å². The van der Waals surface area contributed by atoms with E-state index in [4.69, 9.17) is 9.47 Å². The summed E-state index contributed by atoms with van der Waals surface area (Å²) in [5, 5.41) is 2.81. The first-order chi connectivity index (χ1) is 12.6. The first kappa shape index (κ1) is 17.5. The van der Waals surface area contributed by atoms with E-state index in [1.165, 1.54) is 12.7 Å². The zero-order valence-corrected chi connectivity index (χ0v) is 15.0. The number of hydrogen-bond donors (Lipinski definition) is 1. The number of ether oxygens (including phenoxy) is 2. The number of methoxy groups -OCH3 is 2. The highest BCUT2D eigenvalue weighted by Gasteiger charge is 2.13. The second-order valence-electron chi connectivity index (χ2n) is 5.82. The standard InChI is InChI=1S/C20H21N3O3/c1-14(15-7-5-4-6-8-15)23-12-19(21-13-23)22-20(24)16-9-10-17(25-2)18(11-16)26-3/h4-14H,1-3H3,(H,22,24). The molecular weight excluding hydrogens is 330 g/mol. The number of carbonyl (C=O) groups is 1. The summed E-state index contributed by atoms with van der Waals surface area (Å²) >= 11 is 0. The van der Waals surface area contributed by atoms with Crippen LogP contribution in [0.5, 0.6) is 11.5 Å². The van der Waals surface area contributed by atoms with Gasteiger partial charge >= 0.3 is 0 Å². The van der Waals surface area contributed by atoms with Gasteiger partial charge in [0.15, 0.2) is 17.3 Å². The van der Waals surface area contributed by atoms with E-state index in [0.717, 1.165) is 0 Å². The molecular formula is C20H21N3O3. The number of benzene rings is 2. The molecule has 3 rings (SSSR count). The van der Waals surface area contributed by atoms with Crippen LogP contribution in [0.25, 0.3) is 0 Å². The molecule has 1 aromatic heterocycles. The number of hydrogen-bond acceptors (Lipinski definition) is 4. The zero-order chi connectivity index (χ0) is 18.5. The highest BCUT2D eigenvalue weighted by molar-refractivity contribution is 6.04. The summed E-state index contributed by atoms with van der Waals surface area (Å²) in [5.74, 6) is 1.31. The fourth-order valence-corrected chi connectivity index (χ4v) is 2.68. The van der Waals surface area contributed by atoms with Crippen molar-refractivity contribution >= 4 is 11.7 Å². The Hall–Kier alpha value is -3.28. The molecule has 6 heteroatoms. The molecule has 0 saturated heterocycles. The molecule has 0 saturated carbocycles. The van der Waals surface area contributed by atoms with Gasteiger partial charge in [-0.3, -0.25) is 4.79 Å². The van der Waals surface area contributed by atoms with Gasteiger partial charge in [-0.05, 0) is 30.7 Å². The molecule has 0 fully saturated rings. The van der Waals surface area contributed by atoms with Crippen LogP contribution in [0.3, 0.4) is 0 Å². The molecule has 0 aliphatic rings. The van der Waals surface area contributed by atoms with Crippen LogP contribution in [0.1, 0.15) is 28.9 Å². The second-order valence-corrected chi connectivity index (χ2v) is 5.82. The van der Waals surface area contributed by atoms with E-state index in [-0.39, 0.29) is 11.9 Å². The molecule has 134 valence electrons. The fourth-order valence-electron chi connectivity index (χ4n) is 2.68. The van der Waals surface area contributed by atoms with Gasteiger partial charge in [0.05, 0.1) is 26.6 Å². The smallest absolute Gasteiger partial charge is 0.256 e. The van der Waals surface area contributed by atoms with E-state index in [1.807, 2.05) is 29.0 Å². The largest absolute Gasteiger partial charge is 0.493 e. The Bertz CT molecular complexity index is 890. The van der Waals surface area contributed by atoms with Crippen molar-refractivity contribution in [3.05, 3.63) is 72.2 Å². The predicted molar refractivity (Wildman–Crippen MR) is 100.0 cm³/mol. The number of carbonyl (C=O) groups excluding carboxylic acids is 1. The van der Waals surface area contributed by atoms with Crippen LogP contribution in [0.15, 0.2) is 61.1 Å². The molecule has 0 bridgehead atoms. The van der Waals surface area contributed by atoms with Crippen molar-refractivity contribution in [3.63, 3.8) is 0 Å². The Balaban J connectivity index is 1.74. The van der Waals surface area contributed by atoms with Crippen LogP contribution in [-0.2, 0) is 0 Å². The summed E-state index contributed by atoms with van der Waals surface area (Å²) in [7, 11) is 3.09. The quantitative estimate of drug-likeness (QED) is 0.734. The molecule has 0 aliphatic heterocycles. The molecule has 1 amide bonds. The molecule has 0 radical (unpaired) electrons. The normalized spacial score (nSPS) is 11.7. The van der Waals surface area contributed by atoms with Gasteiger partial charge in [-0.15, -0.1) is 0 Å². The third-order valence-electron chi connectivity index (χ3n) is 4.22.